The maximum atomic E-state index is 11.6. The first-order valence-electron chi connectivity index (χ1n) is 5.38. The molecule has 1 atom stereocenters. The van der Waals surface area contributed by atoms with Crippen LogP contribution in [0.1, 0.15) is 42.8 Å². The van der Waals surface area contributed by atoms with Crippen LogP contribution in [0.4, 0.5) is 0 Å². The van der Waals surface area contributed by atoms with Gasteiger partial charge in [-0.1, -0.05) is 20.8 Å². The Labute approximate surface area is 106 Å². The van der Waals surface area contributed by atoms with Crippen LogP contribution in [0.15, 0.2) is 12.1 Å². The summed E-state index contributed by atoms with van der Waals surface area (Å²) >= 11 is 7.71. The summed E-state index contributed by atoms with van der Waals surface area (Å²) < 4.78 is 0. The topological polar surface area (TPSA) is 29.1 Å². The third-order valence-electron chi connectivity index (χ3n) is 2.20. The van der Waals surface area contributed by atoms with E-state index in [4.69, 9.17) is 11.6 Å². The van der Waals surface area contributed by atoms with E-state index in [1.165, 1.54) is 4.88 Å². The van der Waals surface area contributed by atoms with Crippen LogP contribution in [0.5, 0.6) is 0 Å². The Hall–Kier alpha value is -0.540. The lowest BCUT2D eigenvalue weighted by atomic mass is 9.95. The second-order valence-corrected chi connectivity index (χ2v) is 6.26. The summed E-state index contributed by atoms with van der Waals surface area (Å²) in [4.78, 5) is 13.7. The summed E-state index contributed by atoms with van der Waals surface area (Å²) in [6.45, 7) is 8.95. The molecule has 1 aromatic rings. The smallest absolute Gasteiger partial charge is 0.243 e. The van der Waals surface area contributed by atoms with Crippen molar-refractivity contribution in [3.63, 3.8) is 0 Å². The minimum absolute atomic E-state index is 0.112. The van der Waals surface area contributed by atoms with Crippen molar-refractivity contribution in [1.29, 1.82) is 0 Å². The van der Waals surface area contributed by atoms with Gasteiger partial charge in [-0.05, 0) is 24.5 Å². The Morgan fingerprint density at radius 2 is 2.12 bits per heavy atom. The van der Waals surface area contributed by atoms with Gasteiger partial charge in [0, 0.05) is 16.3 Å². The second kappa shape index (κ2) is 5.19. The van der Waals surface area contributed by atoms with Crippen molar-refractivity contribution in [2.24, 2.45) is 0 Å². The molecule has 1 N–H and O–H groups in total. The summed E-state index contributed by atoms with van der Waals surface area (Å²) in [5, 5.41) is 2.16. The number of carbonyl (C=O) groups excluding carboxylic acids is 1. The Morgan fingerprint density at radius 3 is 2.56 bits per heavy atom. The summed E-state index contributed by atoms with van der Waals surface area (Å²) in [7, 11) is 0. The number of amides is 1. The number of hydrogen-bond donors (Lipinski definition) is 1. The third kappa shape index (κ3) is 3.22. The highest BCUT2D eigenvalue weighted by atomic mass is 35.5. The molecular weight excluding hydrogens is 242 g/mol. The second-order valence-electron chi connectivity index (χ2n) is 4.71. The fraction of sp³-hybridized carbons (Fsp3) is 0.583. The van der Waals surface area contributed by atoms with Gasteiger partial charge in [-0.2, -0.15) is 0 Å². The standard InChI is InChI=1S/C12H18ClNOS/c1-5-14-11(15)10(13)8-6-7-9(16-8)12(2,3)4/h6-7,10H,5H2,1-4H3,(H,14,15). The fourth-order valence-electron chi connectivity index (χ4n) is 1.29. The van der Waals surface area contributed by atoms with Gasteiger partial charge in [0.05, 0.1) is 0 Å². The van der Waals surface area contributed by atoms with E-state index in [0.29, 0.717) is 6.54 Å². The molecule has 4 heteroatoms. The first-order chi connectivity index (χ1) is 7.36. The molecule has 90 valence electrons. The third-order valence-corrected chi connectivity index (χ3v) is 4.34. The Morgan fingerprint density at radius 1 is 1.50 bits per heavy atom. The van der Waals surface area contributed by atoms with E-state index in [1.54, 1.807) is 11.3 Å². The van der Waals surface area contributed by atoms with E-state index >= 15 is 0 Å². The van der Waals surface area contributed by atoms with E-state index < -0.39 is 5.38 Å². The quantitative estimate of drug-likeness (QED) is 0.828. The number of thiophene rings is 1. The molecule has 0 aliphatic carbocycles. The molecule has 0 saturated heterocycles. The lowest BCUT2D eigenvalue weighted by molar-refractivity contribution is -0.120. The average Bonchev–Trinajstić information content (AvgIpc) is 2.65. The summed E-state index contributed by atoms with van der Waals surface area (Å²) in [6.07, 6.45) is 0. The number of likely N-dealkylation sites (N-methyl/N-ethyl adjacent to an activating group) is 1. The molecule has 1 amide bonds. The van der Waals surface area contributed by atoms with Crippen molar-refractivity contribution in [3.8, 4) is 0 Å². The SMILES string of the molecule is CCNC(=O)C(Cl)c1ccc(C(C)(C)C)s1. The lowest BCUT2D eigenvalue weighted by Crippen LogP contribution is -2.26. The minimum atomic E-state index is -0.568. The fourth-order valence-corrected chi connectivity index (χ4v) is 2.61. The Balaban J connectivity index is 2.82. The average molecular weight is 260 g/mol. The van der Waals surface area contributed by atoms with Crippen molar-refractivity contribution in [1.82, 2.24) is 5.32 Å². The van der Waals surface area contributed by atoms with Crippen LogP contribution in [0.25, 0.3) is 0 Å². The maximum absolute atomic E-state index is 11.6. The normalized spacial score (nSPS) is 13.6. The van der Waals surface area contributed by atoms with Crippen molar-refractivity contribution in [2.45, 2.75) is 38.5 Å². The van der Waals surface area contributed by atoms with Gasteiger partial charge in [0.15, 0.2) is 0 Å². The molecule has 1 heterocycles. The highest BCUT2D eigenvalue weighted by molar-refractivity contribution is 7.12. The molecule has 0 aromatic carbocycles. The van der Waals surface area contributed by atoms with Gasteiger partial charge in [-0.3, -0.25) is 4.79 Å². The summed E-state index contributed by atoms with van der Waals surface area (Å²) in [5.74, 6) is -0.119. The van der Waals surface area contributed by atoms with Gasteiger partial charge in [0.25, 0.3) is 0 Å². The highest BCUT2D eigenvalue weighted by Crippen LogP contribution is 2.34. The zero-order valence-electron chi connectivity index (χ0n) is 10.1. The van der Waals surface area contributed by atoms with Crippen LogP contribution in [0.3, 0.4) is 0 Å². The van der Waals surface area contributed by atoms with Crippen LogP contribution in [-0.2, 0) is 10.2 Å². The minimum Gasteiger partial charge on any atom is -0.355 e. The molecule has 16 heavy (non-hydrogen) atoms. The molecule has 0 aliphatic rings. The summed E-state index contributed by atoms with van der Waals surface area (Å²) in [6, 6.07) is 3.99. The Bertz CT molecular complexity index is 367. The van der Waals surface area contributed by atoms with Crippen molar-refractivity contribution in [3.05, 3.63) is 21.9 Å². The number of nitrogens with one attached hydrogen (secondary N) is 1. The van der Waals surface area contributed by atoms with Crippen LogP contribution < -0.4 is 5.32 Å². The molecular formula is C12H18ClNOS. The number of hydrogen-bond acceptors (Lipinski definition) is 2. The number of rotatable bonds is 3. The predicted molar refractivity (Wildman–Crippen MR) is 70.3 cm³/mol. The molecule has 0 saturated carbocycles. The van der Waals surface area contributed by atoms with Gasteiger partial charge in [-0.25, -0.2) is 0 Å². The van der Waals surface area contributed by atoms with E-state index in [-0.39, 0.29) is 11.3 Å². The van der Waals surface area contributed by atoms with E-state index in [1.807, 2.05) is 13.0 Å². The first-order valence-corrected chi connectivity index (χ1v) is 6.63. The molecule has 2 nitrogen and oxygen atoms in total. The molecule has 1 rings (SSSR count). The van der Waals surface area contributed by atoms with Crippen molar-refractivity contribution >= 4 is 28.8 Å². The maximum Gasteiger partial charge on any atom is 0.243 e. The molecule has 0 spiro atoms. The highest BCUT2D eigenvalue weighted by Gasteiger charge is 2.22. The first kappa shape index (κ1) is 13.5. The van der Waals surface area contributed by atoms with Gasteiger partial charge in [0.1, 0.15) is 5.38 Å². The molecule has 0 bridgehead atoms. The number of alkyl halides is 1. The van der Waals surface area contributed by atoms with Crippen molar-refractivity contribution in [2.75, 3.05) is 6.54 Å². The summed E-state index contributed by atoms with van der Waals surface area (Å²) in [5.41, 5.74) is 0.112. The molecule has 1 unspecified atom stereocenters. The van der Waals surface area contributed by atoms with Crippen LogP contribution in [0.2, 0.25) is 0 Å². The van der Waals surface area contributed by atoms with Crippen LogP contribution >= 0.6 is 22.9 Å². The monoisotopic (exact) mass is 259 g/mol. The largest absolute Gasteiger partial charge is 0.355 e. The Kier molecular flexibility index (Phi) is 4.39. The predicted octanol–water partition coefficient (Wildman–Crippen LogP) is 3.46. The van der Waals surface area contributed by atoms with Gasteiger partial charge in [0.2, 0.25) is 5.91 Å². The zero-order chi connectivity index (χ0) is 12.3. The van der Waals surface area contributed by atoms with Gasteiger partial charge >= 0.3 is 0 Å². The molecule has 0 radical (unpaired) electrons. The van der Waals surface area contributed by atoms with Crippen molar-refractivity contribution < 1.29 is 4.79 Å². The van der Waals surface area contributed by atoms with Crippen LogP contribution in [0, 0.1) is 0 Å². The van der Waals surface area contributed by atoms with E-state index in [9.17, 15) is 4.79 Å². The van der Waals surface area contributed by atoms with Gasteiger partial charge in [-0.15, -0.1) is 22.9 Å². The molecule has 0 aliphatic heterocycles. The molecule has 1 aromatic heterocycles. The van der Waals surface area contributed by atoms with E-state index in [2.05, 4.69) is 32.2 Å². The number of carbonyl (C=O) groups is 1. The molecule has 0 fully saturated rings. The zero-order valence-corrected chi connectivity index (χ0v) is 11.7. The number of halogens is 1. The van der Waals surface area contributed by atoms with Gasteiger partial charge < -0.3 is 5.32 Å². The lowest BCUT2D eigenvalue weighted by Gasteiger charge is -2.15. The van der Waals surface area contributed by atoms with Crippen LogP contribution in [-0.4, -0.2) is 12.5 Å². The van der Waals surface area contributed by atoms with E-state index in [0.717, 1.165) is 4.88 Å².